The van der Waals surface area contributed by atoms with Crippen LogP contribution in [0.4, 0.5) is 5.82 Å². The molecule has 2 N–H and O–H groups in total. The van der Waals surface area contributed by atoms with Gasteiger partial charge in [0.15, 0.2) is 0 Å². The van der Waals surface area contributed by atoms with E-state index >= 15 is 0 Å². The summed E-state index contributed by atoms with van der Waals surface area (Å²) in [6.07, 6.45) is 2.46. The largest absolute Gasteiger partial charge is 0.368 e. The predicted octanol–water partition coefficient (Wildman–Crippen LogP) is 3.49. The van der Waals surface area contributed by atoms with Crippen molar-refractivity contribution in [3.63, 3.8) is 0 Å². The second-order valence-corrected chi connectivity index (χ2v) is 6.56. The number of pyridine rings is 1. The number of hydrogen-bond acceptors (Lipinski definition) is 5. The lowest BCUT2D eigenvalue weighted by Gasteiger charge is -2.13. The van der Waals surface area contributed by atoms with Gasteiger partial charge in [-0.25, -0.2) is 4.98 Å². The number of nitrogens with zero attached hydrogens (tertiary/aromatic N) is 2. The molecule has 5 heteroatoms. The Labute approximate surface area is 132 Å². The first-order valence-electron chi connectivity index (χ1n) is 7.53. The van der Waals surface area contributed by atoms with Crippen LogP contribution in [-0.4, -0.2) is 24.1 Å². The van der Waals surface area contributed by atoms with Crippen molar-refractivity contribution in [3.05, 3.63) is 35.2 Å². The van der Waals surface area contributed by atoms with Crippen LogP contribution in [0.2, 0.25) is 0 Å². The number of nitrogens with one attached hydrogen (secondary N) is 2. The molecule has 4 nitrogen and oxygen atoms in total. The van der Waals surface area contributed by atoms with Crippen molar-refractivity contribution in [2.24, 2.45) is 0 Å². The molecular formula is C17H16N4S. The molecule has 22 heavy (non-hydrogen) atoms. The molecule has 1 aliphatic heterocycles. The van der Waals surface area contributed by atoms with Gasteiger partial charge in [-0.1, -0.05) is 6.07 Å². The fourth-order valence-electron chi connectivity index (χ4n) is 3.06. The van der Waals surface area contributed by atoms with Crippen LogP contribution >= 0.6 is 11.3 Å². The lowest BCUT2D eigenvalue weighted by Crippen LogP contribution is -2.29. The molecule has 0 spiro atoms. The highest BCUT2D eigenvalue weighted by Gasteiger charge is 2.15. The Balaban J connectivity index is 1.77. The molecule has 1 atom stereocenters. The Kier molecular flexibility index (Phi) is 3.41. The fraction of sp³-hybridized carbons (Fsp3) is 0.294. The van der Waals surface area contributed by atoms with Gasteiger partial charge in [-0.15, -0.1) is 11.3 Å². The van der Waals surface area contributed by atoms with E-state index in [4.69, 9.17) is 10.2 Å². The van der Waals surface area contributed by atoms with E-state index in [2.05, 4.69) is 28.1 Å². The van der Waals surface area contributed by atoms with Crippen LogP contribution < -0.4 is 10.6 Å². The highest BCUT2D eigenvalue weighted by atomic mass is 32.1. The number of fused-ring (bicyclic) bond motifs is 3. The summed E-state index contributed by atoms with van der Waals surface area (Å²) in [6, 6.07) is 10.6. The van der Waals surface area contributed by atoms with E-state index in [-0.39, 0.29) is 0 Å². The van der Waals surface area contributed by atoms with Gasteiger partial charge < -0.3 is 10.6 Å². The van der Waals surface area contributed by atoms with Gasteiger partial charge in [-0.2, -0.15) is 5.26 Å². The van der Waals surface area contributed by atoms with Gasteiger partial charge in [0, 0.05) is 28.1 Å². The number of thiophene rings is 1. The number of rotatable bonds is 3. The molecular weight excluding hydrogens is 292 g/mol. The zero-order chi connectivity index (χ0) is 14.9. The SMILES string of the molecule is N#Cc1ccc2c(c1)nc(NCC1CCCN1)c1ccsc12. The number of hydrogen-bond donors (Lipinski definition) is 2. The van der Waals surface area contributed by atoms with Crippen molar-refractivity contribution in [2.75, 3.05) is 18.4 Å². The molecule has 0 bridgehead atoms. The molecule has 1 unspecified atom stereocenters. The topological polar surface area (TPSA) is 60.7 Å². The third-order valence-corrected chi connectivity index (χ3v) is 5.15. The second-order valence-electron chi connectivity index (χ2n) is 5.64. The smallest absolute Gasteiger partial charge is 0.135 e. The summed E-state index contributed by atoms with van der Waals surface area (Å²) in [7, 11) is 0. The quantitative estimate of drug-likeness (QED) is 0.777. The number of aromatic nitrogens is 1. The molecule has 3 aromatic rings. The third kappa shape index (κ3) is 2.31. The Bertz CT molecular complexity index is 871. The second kappa shape index (κ2) is 5.56. The molecule has 0 aliphatic carbocycles. The fourth-order valence-corrected chi connectivity index (χ4v) is 3.99. The predicted molar refractivity (Wildman–Crippen MR) is 91.4 cm³/mol. The number of nitriles is 1. The van der Waals surface area contributed by atoms with E-state index < -0.39 is 0 Å². The number of anilines is 1. The minimum atomic E-state index is 0.525. The Morgan fingerprint density at radius 1 is 1.36 bits per heavy atom. The molecule has 3 heterocycles. The first-order chi connectivity index (χ1) is 10.8. The molecule has 1 saturated heterocycles. The lowest BCUT2D eigenvalue weighted by molar-refractivity contribution is 0.633. The zero-order valence-corrected chi connectivity index (χ0v) is 12.9. The van der Waals surface area contributed by atoms with Gasteiger partial charge in [0.2, 0.25) is 0 Å². The van der Waals surface area contributed by atoms with Crippen molar-refractivity contribution in [1.29, 1.82) is 5.26 Å². The molecule has 0 amide bonds. The van der Waals surface area contributed by atoms with E-state index in [1.807, 2.05) is 18.2 Å². The van der Waals surface area contributed by atoms with Crippen molar-refractivity contribution < 1.29 is 0 Å². The average molecular weight is 308 g/mol. The Morgan fingerprint density at radius 3 is 3.14 bits per heavy atom. The Hall–Kier alpha value is -2.16. The first kappa shape index (κ1) is 13.5. The summed E-state index contributed by atoms with van der Waals surface area (Å²) in [4.78, 5) is 4.76. The molecule has 1 aromatic carbocycles. The monoisotopic (exact) mass is 308 g/mol. The van der Waals surface area contributed by atoms with Gasteiger partial charge in [0.1, 0.15) is 5.82 Å². The van der Waals surface area contributed by atoms with Gasteiger partial charge in [0.05, 0.1) is 17.1 Å². The van der Waals surface area contributed by atoms with Crippen molar-refractivity contribution in [2.45, 2.75) is 18.9 Å². The van der Waals surface area contributed by atoms with Crippen LogP contribution in [0.1, 0.15) is 18.4 Å². The average Bonchev–Trinajstić information content (AvgIpc) is 3.23. The highest BCUT2D eigenvalue weighted by molar-refractivity contribution is 7.18. The van der Waals surface area contributed by atoms with Crippen LogP contribution in [0.5, 0.6) is 0 Å². The van der Waals surface area contributed by atoms with E-state index in [1.54, 1.807) is 11.3 Å². The first-order valence-corrected chi connectivity index (χ1v) is 8.41. The lowest BCUT2D eigenvalue weighted by atomic mass is 10.1. The molecule has 2 aromatic heterocycles. The summed E-state index contributed by atoms with van der Waals surface area (Å²) < 4.78 is 1.23. The van der Waals surface area contributed by atoms with E-state index in [9.17, 15) is 0 Å². The van der Waals surface area contributed by atoms with Crippen LogP contribution in [-0.2, 0) is 0 Å². The summed E-state index contributed by atoms with van der Waals surface area (Å²) in [5.41, 5.74) is 1.54. The molecule has 0 radical (unpaired) electrons. The Morgan fingerprint density at radius 2 is 2.32 bits per heavy atom. The standard InChI is InChI=1S/C17H16N4S/c18-9-11-3-4-13-15(8-11)21-17(14-5-7-22-16(13)14)20-10-12-2-1-6-19-12/h3-5,7-8,12,19H,1-2,6,10H2,(H,20,21). The van der Waals surface area contributed by atoms with Gasteiger partial charge in [-0.3, -0.25) is 0 Å². The van der Waals surface area contributed by atoms with Gasteiger partial charge in [0.25, 0.3) is 0 Å². The van der Waals surface area contributed by atoms with E-state index in [0.29, 0.717) is 11.6 Å². The van der Waals surface area contributed by atoms with Crippen molar-refractivity contribution in [3.8, 4) is 6.07 Å². The van der Waals surface area contributed by atoms with Gasteiger partial charge in [-0.05, 0) is 43.0 Å². The maximum atomic E-state index is 9.09. The van der Waals surface area contributed by atoms with Crippen molar-refractivity contribution >= 4 is 38.1 Å². The third-order valence-electron chi connectivity index (χ3n) is 4.20. The molecule has 0 saturated carbocycles. The van der Waals surface area contributed by atoms with Crippen LogP contribution in [0, 0.1) is 11.3 Å². The van der Waals surface area contributed by atoms with Crippen molar-refractivity contribution in [1.82, 2.24) is 10.3 Å². The molecule has 4 rings (SSSR count). The maximum Gasteiger partial charge on any atom is 0.135 e. The summed E-state index contributed by atoms with van der Waals surface area (Å²) in [6.45, 7) is 2.00. The summed E-state index contributed by atoms with van der Waals surface area (Å²) in [5, 5.41) is 20.5. The number of benzene rings is 1. The molecule has 1 fully saturated rings. The molecule has 110 valence electrons. The van der Waals surface area contributed by atoms with E-state index in [0.717, 1.165) is 29.8 Å². The van der Waals surface area contributed by atoms with Gasteiger partial charge >= 0.3 is 0 Å². The van der Waals surface area contributed by atoms with Crippen LogP contribution in [0.3, 0.4) is 0 Å². The van der Waals surface area contributed by atoms with Crippen LogP contribution in [0.25, 0.3) is 21.0 Å². The minimum Gasteiger partial charge on any atom is -0.368 e. The van der Waals surface area contributed by atoms with Crippen LogP contribution in [0.15, 0.2) is 29.6 Å². The van der Waals surface area contributed by atoms with E-state index in [1.165, 1.54) is 22.9 Å². The maximum absolute atomic E-state index is 9.09. The highest BCUT2D eigenvalue weighted by Crippen LogP contribution is 2.33. The summed E-state index contributed by atoms with van der Waals surface area (Å²) in [5.74, 6) is 0.924. The summed E-state index contributed by atoms with van der Waals surface area (Å²) >= 11 is 1.72. The minimum absolute atomic E-state index is 0.525. The normalized spacial score (nSPS) is 17.9. The molecule has 1 aliphatic rings. The zero-order valence-electron chi connectivity index (χ0n) is 12.1.